The fraction of sp³-hybridized carbons (Fsp3) is 0.438. The first-order valence-corrected chi connectivity index (χ1v) is 7.25. The lowest BCUT2D eigenvalue weighted by Gasteiger charge is -2.23. The van der Waals surface area contributed by atoms with Gasteiger partial charge in [-0.1, -0.05) is 0 Å². The van der Waals surface area contributed by atoms with Crippen LogP contribution in [0, 0.1) is 12.7 Å². The van der Waals surface area contributed by atoms with E-state index < -0.39 is 0 Å². The molecule has 2 N–H and O–H groups in total. The second kappa shape index (κ2) is 5.37. The third kappa shape index (κ3) is 2.24. The molecule has 20 heavy (non-hydrogen) atoms. The first-order valence-electron chi connectivity index (χ1n) is 7.25. The Bertz CT molecular complexity index is 601. The van der Waals surface area contributed by atoms with Crippen molar-refractivity contribution in [3.63, 3.8) is 0 Å². The SMILES string of the molecule is Cc1nn(-c2ccc(F)cc2)c2c1C(CCN)CCC2. The van der Waals surface area contributed by atoms with Gasteiger partial charge in [0.15, 0.2) is 0 Å². The summed E-state index contributed by atoms with van der Waals surface area (Å²) in [6.45, 7) is 2.78. The van der Waals surface area contributed by atoms with Gasteiger partial charge >= 0.3 is 0 Å². The van der Waals surface area contributed by atoms with Crippen molar-refractivity contribution in [2.75, 3.05) is 6.54 Å². The van der Waals surface area contributed by atoms with Crippen molar-refractivity contribution < 1.29 is 4.39 Å². The van der Waals surface area contributed by atoms with Gasteiger partial charge in [0.2, 0.25) is 0 Å². The van der Waals surface area contributed by atoms with Crippen molar-refractivity contribution in [2.45, 2.75) is 38.5 Å². The van der Waals surface area contributed by atoms with Crippen molar-refractivity contribution in [1.82, 2.24) is 9.78 Å². The number of nitrogens with two attached hydrogens (primary N) is 1. The number of hydrogen-bond acceptors (Lipinski definition) is 2. The fourth-order valence-corrected chi connectivity index (χ4v) is 3.30. The predicted octanol–water partition coefficient (Wildman–Crippen LogP) is 3.09. The highest BCUT2D eigenvalue weighted by Crippen LogP contribution is 2.36. The second-order valence-corrected chi connectivity index (χ2v) is 5.50. The van der Waals surface area contributed by atoms with E-state index in [-0.39, 0.29) is 5.82 Å². The maximum atomic E-state index is 13.1. The van der Waals surface area contributed by atoms with Gasteiger partial charge in [-0.15, -0.1) is 0 Å². The van der Waals surface area contributed by atoms with E-state index in [9.17, 15) is 4.39 Å². The standard InChI is InChI=1S/C16H20FN3/c1-11-16-12(9-10-18)3-2-4-15(16)20(19-11)14-7-5-13(17)6-8-14/h5-8,12H,2-4,9-10,18H2,1H3. The van der Waals surface area contributed by atoms with Gasteiger partial charge in [0, 0.05) is 5.69 Å². The van der Waals surface area contributed by atoms with Gasteiger partial charge in [-0.05, 0) is 74.9 Å². The van der Waals surface area contributed by atoms with Crippen LogP contribution in [0.4, 0.5) is 4.39 Å². The summed E-state index contributed by atoms with van der Waals surface area (Å²) in [6.07, 6.45) is 4.42. The Morgan fingerprint density at radius 2 is 2.10 bits per heavy atom. The normalized spacial score (nSPS) is 18.1. The van der Waals surface area contributed by atoms with E-state index in [0.29, 0.717) is 12.5 Å². The van der Waals surface area contributed by atoms with Crippen LogP contribution in [0.15, 0.2) is 24.3 Å². The molecule has 0 amide bonds. The number of rotatable bonds is 3. The molecule has 0 bridgehead atoms. The summed E-state index contributed by atoms with van der Waals surface area (Å²) in [5.74, 6) is 0.311. The van der Waals surface area contributed by atoms with E-state index in [1.165, 1.54) is 36.2 Å². The van der Waals surface area contributed by atoms with Crippen LogP contribution in [0.25, 0.3) is 5.69 Å². The van der Waals surface area contributed by atoms with Crippen LogP contribution in [0.5, 0.6) is 0 Å². The molecule has 1 aliphatic carbocycles. The minimum absolute atomic E-state index is 0.215. The Labute approximate surface area is 118 Å². The maximum absolute atomic E-state index is 13.1. The van der Waals surface area contributed by atoms with Gasteiger partial charge in [-0.3, -0.25) is 0 Å². The van der Waals surface area contributed by atoms with Crippen LogP contribution in [-0.4, -0.2) is 16.3 Å². The van der Waals surface area contributed by atoms with Crippen LogP contribution in [-0.2, 0) is 6.42 Å². The molecule has 3 nitrogen and oxygen atoms in total. The minimum Gasteiger partial charge on any atom is -0.330 e. The third-order valence-corrected chi connectivity index (χ3v) is 4.17. The van der Waals surface area contributed by atoms with E-state index in [4.69, 9.17) is 5.73 Å². The first kappa shape index (κ1) is 13.3. The quantitative estimate of drug-likeness (QED) is 0.934. The van der Waals surface area contributed by atoms with E-state index in [1.54, 1.807) is 12.1 Å². The molecule has 2 aromatic rings. The number of aromatic nitrogens is 2. The zero-order valence-electron chi connectivity index (χ0n) is 11.8. The molecule has 0 saturated carbocycles. The molecule has 4 heteroatoms. The summed E-state index contributed by atoms with van der Waals surface area (Å²) in [5, 5.41) is 4.68. The second-order valence-electron chi connectivity index (χ2n) is 5.50. The molecule has 1 heterocycles. The largest absolute Gasteiger partial charge is 0.330 e. The Morgan fingerprint density at radius 1 is 1.35 bits per heavy atom. The Hall–Kier alpha value is -1.68. The van der Waals surface area contributed by atoms with Gasteiger partial charge in [0.1, 0.15) is 5.82 Å². The van der Waals surface area contributed by atoms with Crippen LogP contribution in [0.1, 0.15) is 42.1 Å². The highest BCUT2D eigenvalue weighted by Gasteiger charge is 2.26. The number of halogens is 1. The van der Waals surface area contributed by atoms with Gasteiger partial charge in [0.25, 0.3) is 0 Å². The van der Waals surface area contributed by atoms with E-state index in [1.807, 2.05) is 4.68 Å². The molecular formula is C16H20FN3. The number of nitrogens with zero attached hydrogens (tertiary/aromatic N) is 2. The van der Waals surface area contributed by atoms with Crippen LogP contribution >= 0.6 is 0 Å². The predicted molar refractivity (Wildman–Crippen MR) is 77.6 cm³/mol. The molecule has 1 aromatic carbocycles. The number of aryl methyl sites for hydroxylation is 1. The van der Waals surface area contributed by atoms with E-state index >= 15 is 0 Å². The summed E-state index contributed by atoms with van der Waals surface area (Å²) in [4.78, 5) is 0. The number of benzene rings is 1. The lowest BCUT2D eigenvalue weighted by atomic mass is 9.83. The molecule has 0 spiro atoms. The first-order chi connectivity index (χ1) is 9.70. The monoisotopic (exact) mass is 273 g/mol. The third-order valence-electron chi connectivity index (χ3n) is 4.17. The highest BCUT2D eigenvalue weighted by atomic mass is 19.1. The van der Waals surface area contributed by atoms with Crippen molar-refractivity contribution in [2.24, 2.45) is 5.73 Å². The van der Waals surface area contributed by atoms with Crippen molar-refractivity contribution in [3.8, 4) is 5.69 Å². The topological polar surface area (TPSA) is 43.8 Å². The Kier molecular flexibility index (Phi) is 3.57. The average Bonchev–Trinajstić information content (AvgIpc) is 2.79. The molecule has 0 aliphatic heterocycles. The lowest BCUT2D eigenvalue weighted by Crippen LogP contribution is -2.15. The minimum atomic E-state index is -0.215. The van der Waals surface area contributed by atoms with Crippen molar-refractivity contribution >= 4 is 0 Å². The molecule has 1 aliphatic rings. The fourth-order valence-electron chi connectivity index (χ4n) is 3.30. The van der Waals surface area contributed by atoms with Crippen LogP contribution < -0.4 is 5.73 Å². The van der Waals surface area contributed by atoms with E-state index in [2.05, 4.69) is 12.0 Å². The summed E-state index contributed by atoms with van der Waals surface area (Å²) >= 11 is 0. The number of hydrogen-bond donors (Lipinski definition) is 1. The summed E-state index contributed by atoms with van der Waals surface area (Å²) in [5.41, 5.74) is 10.4. The zero-order valence-corrected chi connectivity index (χ0v) is 11.8. The van der Waals surface area contributed by atoms with Crippen LogP contribution in [0.3, 0.4) is 0 Å². The van der Waals surface area contributed by atoms with E-state index in [0.717, 1.165) is 24.2 Å². The molecule has 0 saturated heterocycles. The lowest BCUT2D eigenvalue weighted by molar-refractivity contribution is 0.516. The molecule has 1 aromatic heterocycles. The molecular weight excluding hydrogens is 253 g/mol. The van der Waals surface area contributed by atoms with Crippen molar-refractivity contribution in [3.05, 3.63) is 47.0 Å². The molecule has 3 rings (SSSR count). The Morgan fingerprint density at radius 3 is 2.80 bits per heavy atom. The molecule has 106 valence electrons. The number of fused-ring (bicyclic) bond motifs is 1. The molecule has 0 radical (unpaired) electrons. The zero-order chi connectivity index (χ0) is 14.1. The summed E-state index contributed by atoms with van der Waals surface area (Å²) in [7, 11) is 0. The Balaban J connectivity index is 2.06. The maximum Gasteiger partial charge on any atom is 0.123 e. The summed E-state index contributed by atoms with van der Waals surface area (Å²) in [6, 6.07) is 6.54. The smallest absolute Gasteiger partial charge is 0.123 e. The van der Waals surface area contributed by atoms with Gasteiger partial charge < -0.3 is 5.73 Å². The van der Waals surface area contributed by atoms with Gasteiger partial charge in [-0.2, -0.15) is 5.10 Å². The molecule has 1 atom stereocenters. The highest BCUT2D eigenvalue weighted by molar-refractivity contribution is 5.40. The average molecular weight is 273 g/mol. The molecule has 1 unspecified atom stereocenters. The van der Waals surface area contributed by atoms with Gasteiger partial charge in [0.05, 0.1) is 11.4 Å². The summed E-state index contributed by atoms with van der Waals surface area (Å²) < 4.78 is 15.0. The van der Waals surface area contributed by atoms with Gasteiger partial charge in [-0.25, -0.2) is 9.07 Å². The van der Waals surface area contributed by atoms with Crippen LogP contribution in [0.2, 0.25) is 0 Å². The molecule has 0 fully saturated rings. The van der Waals surface area contributed by atoms with Crippen molar-refractivity contribution in [1.29, 1.82) is 0 Å².